The molecule has 1 aromatic rings. The van der Waals surface area contributed by atoms with Gasteiger partial charge >= 0.3 is 0 Å². The van der Waals surface area contributed by atoms with Gasteiger partial charge in [0.2, 0.25) is 5.91 Å². The second kappa shape index (κ2) is 6.06. The molecule has 0 saturated carbocycles. The highest BCUT2D eigenvalue weighted by Gasteiger charge is 2.28. The topological polar surface area (TPSA) is 50.4 Å². The third-order valence-electron chi connectivity index (χ3n) is 3.66. The molecule has 2 rings (SSSR count). The standard InChI is InChI=1S/C15H22N2O2/c1-15(8-3-9-17-15)11-16-14(18)10-12-4-6-13(19-2)7-5-12/h4-7,17H,3,8-11H2,1-2H3,(H,16,18). The Hall–Kier alpha value is -1.55. The Morgan fingerprint density at radius 3 is 2.74 bits per heavy atom. The number of amides is 1. The van der Waals surface area contributed by atoms with Crippen LogP contribution < -0.4 is 15.4 Å². The van der Waals surface area contributed by atoms with Crippen molar-refractivity contribution in [2.75, 3.05) is 20.2 Å². The fourth-order valence-electron chi connectivity index (χ4n) is 2.39. The van der Waals surface area contributed by atoms with E-state index < -0.39 is 0 Å². The van der Waals surface area contributed by atoms with E-state index in [9.17, 15) is 4.79 Å². The fourth-order valence-corrected chi connectivity index (χ4v) is 2.39. The van der Waals surface area contributed by atoms with Crippen LogP contribution in [0.25, 0.3) is 0 Å². The number of hydrogen-bond acceptors (Lipinski definition) is 3. The van der Waals surface area contributed by atoms with Crippen molar-refractivity contribution >= 4 is 5.91 Å². The normalized spacial score (nSPS) is 22.2. The van der Waals surface area contributed by atoms with Gasteiger partial charge in [-0.25, -0.2) is 0 Å². The first-order valence-corrected chi connectivity index (χ1v) is 6.76. The highest BCUT2D eigenvalue weighted by Crippen LogP contribution is 2.17. The quantitative estimate of drug-likeness (QED) is 0.845. The Kier molecular flexibility index (Phi) is 4.43. The molecule has 104 valence electrons. The van der Waals surface area contributed by atoms with E-state index in [2.05, 4.69) is 17.6 Å². The molecular formula is C15H22N2O2. The van der Waals surface area contributed by atoms with Gasteiger partial charge in [-0.15, -0.1) is 0 Å². The molecule has 1 aliphatic heterocycles. The van der Waals surface area contributed by atoms with E-state index in [0.29, 0.717) is 13.0 Å². The van der Waals surface area contributed by atoms with Gasteiger partial charge in [0.15, 0.2) is 0 Å². The summed E-state index contributed by atoms with van der Waals surface area (Å²) in [6.07, 6.45) is 2.72. The minimum absolute atomic E-state index is 0.0650. The molecule has 1 heterocycles. The van der Waals surface area contributed by atoms with Gasteiger partial charge in [-0.05, 0) is 44.0 Å². The summed E-state index contributed by atoms with van der Waals surface area (Å²) in [5.74, 6) is 0.881. The smallest absolute Gasteiger partial charge is 0.224 e. The highest BCUT2D eigenvalue weighted by atomic mass is 16.5. The summed E-state index contributed by atoms with van der Waals surface area (Å²) in [4.78, 5) is 11.9. The van der Waals surface area contributed by atoms with E-state index in [-0.39, 0.29) is 11.4 Å². The van der Waals surface area contributed by atoms with E-state index in [1.807, 2.05) is 24.3 Å². The number of nitrogens with one attached hydrogen (secondary N) is 2. The van der Waals surface area contributed by atoms with E-state index in [0.717, 1.165) is 24.3 Å². The van der Waals surface area contributed by atoms with Crippen molar-refractivity contribution in [1.29, 1.82) is 0 Å². The summed E-state index contributed by atoms with van der Waals surface area (Å²) in [6.45, 7) is 3.90. The number of hydrogen-bond donors (Lipinski definition) is 2. The number of benzene rings is 1. The van der Waals surface area contributed by atoms with E-state index in [1.54, 1.807) is 7.11 Å². The number of methoxy groups -OCH3 is 1. The number of carbonyl (C=O) groups excluding carboxylic acids is 1. The van der Waals surface area contributed by atoms with Crippen molar-refractivity contribution in [2.45, 2.75) is 31.7 Å². The molecule has 1 amide bonds. The molecule has 4 nitrogen and oxygen atoms in total. The molecule has 1 atom stereocenters. The first-order valence-electron chi connectivity index (χ1n) is 6.76. The summed E-state index contributed by atoms with van der Waals surface area (Å²) in [5, 5.41) is 6.45. The lowest BCUT2D eigenvalue weighted by molar-refractivity contribution is -0.120. The Morgan fingerprint density at radius 1 is 1.42 bits per heavy atom. The molecule has 0 aliphatic carbocycles. The van der Waals surface area contributed by atoms with Gasteiger partial charge in [0, 0.05) is 12.1 Å². The van der Waals surface area contributed by atoms with Crippen LogP contribution in [0.2, 0.25) is 0 Å². The largest absolute Gasteiger partial charge is 0.497 e. The minimum Gasteiger partial charge on any atom is -0.497 e. The second-order valence-electron chi connectivity index (χ2n) is 5.39. The highest BCUT2D eigenvalue weighted by molar-refractivity contribution is 5.78. The van der Waals surface area contributed by atoms with Crippen molar-refractivity contribution in [1.82, 2.24) is 10.6 Å². The first kappa shape index (κ1) is 13.9. The lowest BCUT2D eigenvalue weighted by Gasteiger charge is -2.24. The molecular weight excluding hydrogens is 240 g/mol. The van der Waals surface area contributed by atoms with Gasteiger partial charge in [0.1, 0.15) is 5.75 Å². The maximum absolute atomic E-state index is 11.9. The third-order valence-corrected chi connectivity index (χ3v) is 3.66. The van der Waals surface area contributed by atoms with Crippen LogP contribution in [0.3, 0.4) is 0 Å². The maximum Gasteiger partial charge on any atom is 0.224 e. The van der Waals surface area contributed by atoms with E-state index in [1.165, 1.54) is 6.42 Å². The molecule has 2 N–H and O–H groups in total. The SMILES string of the molecule is COc1ccc(CC(=O)NCC2(C)CCCN2)cc1. The Balaban J connectivity index is 1.80. The van der Waals surface area contributed by atoms with Crippen LogP contribution in [-0.2, 0) is 11.2 Å². The first-order chi connectivity index (χ1) is 9.11. The van der Waals surface area contributed by atoms with Crippen molar-refractivity contribution in [3.63, 3.8) is 0 Å². The van der Waals surface area contributed by atoms with Crippen LogP contribution in [0.15, 0.2) is 24.3 Å². The van der Waals surface area contributed by atoms with Crippen LogP contribution in [0.4, 0.5) is 0 Å². The van der Waals surface area contributed by atoms with Gasteiger partial charge in [-0.1, -0.05) is 12.1 Å². The zero-order chi connectivity index (χ0) is 13.7. The van der Waals surface area contributed by atoms with Crippen molar-refractivity contribution < 1.29 is 9.53 Å². The summed E-state index contributed by atoms with van der Waals surface area (Å²) < 4.78 is 5.09. The summed E-state index contributed by atoms with van der Waals surface area (Å²) in [5.41, 5.74) is 1.07. The monoisotopic (exact) mass is 262 g/mol. The zero-order valence-electron chi connectivity index (χ0n) is 11.7. The Labute approximate surface area is 114 Å². The van der Waals surface area contributed by atoms with Gasteiger partial charge < -0.3 is 15.4 Å². The lowest BCUT2D eigenvalue weighted by Crippen LogP contribution is -2.47. The van der Waals surface area contributed by atoms with Crippen LogP contribution >= 0.6 is 0 Å². The molecule has 1 unspecified atom stereocenters. The molecule has 0 bridgehead atoms. The minimum atomic E-state index is 0.0650. The average molecular weight is 262 g/mol. The third kappa shape index (κ3) is 3.96. The van der Waals surface area contributed by atoms with Crippen LogP contribution in [0.1, 0.15) is 25.3 Å². The number of rotatable bonds is 5. The van der Waals surface area contributed by atoms with E-state index >= 15 is 0 Å². The van der Waals surface area contributed by atoms with Crippen LogP contribution in [0.5, 0.6) is 5.75 Å². The second-order valence-corrected chi connectivity index (χ2v) is 5.39. The van der Waals surface area contributed by atoms with E-state index in [4.69, 9.17) is 4.74 Å². The van der Waals surface area contributed by atoms with Crippen molar-refractivity contribution in [2.24, 2.45) is 0 Å². The summed E-state index contributed by atoms with van der Waals surface area (Å²) >= 11 is 0. The molecule has 1 aliphatic rings. The van der Waals surface area contributed by atoms with Gasteiger partial charge in [-0.2, -0.15) is 0 Å². The van der Waals surface area contributed by atoms with Crippen LogP contribution in [0, 0.1) is 0 Å². The van der Waals surface area contributed by atoms with Gasteiger partial charge in [0.25, 0.3) is 0 Å². The van der Waals surface area contributed by atoms with Crippen LogP contribution in [-0.4, -0.2) is 31.6 Å². The Morgan fingerprint density at radius 2 is 2.16 bits per heavy atom. The molecule has 1 fully saturated rings. The molecule has 4 heteroatoms. The molecule has 1 aromatic carbocycles. The zero-order valence-corrected chi connectivity index (χ0v) is 11.7. The number of ether oxygens (including phenoxy) is 1. The average Bonchev–Trinajstić information content (AvgIpc) is 2.85. The van der Waals surface area contributed by atoms with Crippen molar-refractivity contribution in [3.05, 3.63) is 29.8 Å². The van der Waals surface area contributed by atoms with Gasteiger partial charge in [0.05, 0.1) is 13.5 Å². The Bertz CT molecular complexity index is 422. The molecule has 0 radical (unpaired) electrons. The molecule has 1 saturated heterocycles. The number of carbonyl (C=O) groups is 1. The van der Waals surface area contributed by atoms with Crippen molar-refractivity contribution in [3.8, 4) is 5.75 Å². The molecule has 0 spiro atoms. The lowest BCUT2D eigenvalue weighted by atomic mass is 10.0. The summed E-state index contributed by atoms with van der Waals surface area (Å²) in [6, 6.07) is 7.60. The summed E-state index contributed by atoms with van der Waals surface area (Å²) in [7, 11) is 1.64. The fraction of sp³-hybridized carbons (Fsp3) is 0.533. The predicted molar refractivity (Wildman–Crippen MR) is 75.3 cm³/mol. The van der Waals surface area contributed by atoms with Gasteiger partial charge in [-0.3, -0.25) is 4.79 Å². The molecule has 19 heavy (non-hydrogen) atoms. The maximum atomic E-state index is 11.9. The molecule has 0 aromatic heterocycles. The predicted octanol–water partition coefficient (Wildman–Crippen LogP) is 1.50.